The van der Waals surface area contributed by atoms with Crippen LogP contribution in [0, 0.1) is 6.92 Å². The van der Waals surface area contributed by atoms with Crippen LogP contribution in [0.15, 0.2) is 49.2 Å². The molecular formula is C28H30N6O4. The summed E-state index contributed by atoms with van der Waals surface area (Å²) in [6, 6.07) is 9.92. The molecule has 0 unspecified atom stereocenters. The van der Waals surface area contributed by atoms with Crippen molar-refractivity contribution >= 4 is 39.3 Å². The van der Waals surface area contributed by atoms with Crippen molar-refractivity contribution in [3.8, 4) is 17.5 Å². The molecule has 0 radical (unpaired) electrons. The molecule has 4 aromatic rings. The van der Waals surface area contributed by atoms with E-state index < -0.39 is 0 Å². The summed E-state index contributed by atoms with van der Waals surface area (Å²) in [5.41, 5.74) is 2.46. The molecule has 1 fully saturated rings. The molecule has 1 N–H and O–H groups in total. The van der Waals surface area contributed by atoms with Gasteiger partial charge in [0.05, 0.1) is 23.7 Å². The van der Waals surface area contributed by atoms with E-state index in [1.54, 1.807) is 18.0 Å². The molecule has 0 spiro atoms. The zero-order valence-corrected chi connectivity index (χ0v) is 21.6. The first-order valence-electron chi connectivity index (χ1n) is 12.6. The van der Waals surface area contributed by atoms with Crippen LogP contribution in [0.5, 0.6) is 17.5 Å². The van der Waals surface area contributed by atoms with Gasteiger partial charge in [-0.1, -0.05) is 18.7 Å². The number of benzene rings is 2. The number of Topliss-reactive ketones (excluding diaryl/α,β-unsaturated/α-hetero) is 1. The molecule has 38 heavy (non-hydrogen) atoms. The van der Waals surface area contributed by atoms with Crippen molar-refractivity contribution < 1.29 is 19.1 Å². The van der Waals surface area contributed by atoms with Crippen molar-refractivity contribution in [1.29, 1.82) is 0 Å². The molecule has 196 valence electrons. The smallest absolute Gasteiger partial charge is 0.319 e. The number of para-hydroxylation sites is 1. The standard InChI is InChI=1S/C28H30N6O4/c1-4-24(36)33-12-14-34(15-13-33)27-20-8-5-9-23(25(20)30-28(31-27)37-16-6-7-19(3)35)38-26-18(2)10-11-22-21(26)17-29-32-22/h4-5,8-11,17H,1,6-7,12-16H2,2-3H3,(H,29,32). The number of nitrogens with zero attached hydrogens (tertiary/aromatic N) is 5. The summed E-state index contributed by atoms with van der Waals surface area (Å²) in [7, 11) is 0. The number of hydrogen-bond donors (Lipinski definition) is 1. The molecule has 10 nitrogen and oxygen atoms in total. The number of anilines is 1. The number of aromatic nitrogens is 4. The van der Waals surface area contributed by atoms with Crippen molar-refractivity contribution in [2.24, 2.45) is 0 Å². The molecule has 1 aliphatic heterocycles. The fraction of sp³-hybridized carbons (Fsp3) is 0.321. The molecule has 5 rings (SSSR count). The fourth-order valence-corrected chi connectivity index (χ4v) is 4.58. The van der Waals surface area contributed by atoms with Crippen LogP contribution in [0.25, 0.3) is 21.8 Å². The summed E-state index contributed by atoms with van der Waals surface area (Å²) < 4.78 is 12.4. The number of ether oxygens (including phenoxy) is 2. The Kier molecular flexibility index (Phi) is 7.21. The summed E-state index contributed by atoms with van der Waals surface area (Å²) >= 11 is 0. The van der Waals surface area contributed by atoms with Gasteiger partial charge in [0.1, 0.15) is 22.9 Å². The van der Waals surface area contributed by atoms with Crippen LogP contribution in [0.3, 0.4) is 0 Å². The molecule has 3 heterocycles. The molecule has 0 bridgehead atoms. The maximum atomic E-state index is 12.1. The first kappa shape index (κ1) is 25.2. The third-order valence-corrected chi connectivity index (χ3v) is 6.60. The van der Waals surface area contributed by atoms with E-state index in [2.05, 4.69) is 21.7 Å². The Bertz CT molecular complexity index is 1510. The number of piperazine rings is 1. The third-order valence-electron chi connectivity index (χ3n) is 6.60. The van der Waals surface area contributed by atoms with Crippen molar-refractivity contribution in [3.63, 3.8) is 0 Å². The van der Waals surface area contributed by atoms with Gasteiger partial charge in [0.15, 0.2) is 5.75 Å². The van der Waals surface area contributed by atoms with Gasteiger partial charge < -0.3 is 24.1 Å². The van der Waals surface area contributed by atoms with Gasteiger partial charge in [0.2, 0.25) is 5.91 Å². The van der Waals surface area contributed by atoms with Crippen LogP contribution in [0.2, 0.25) is 0 Å². The molecule has 1 aliphatic rings. The Hall–Kier alpha value is -4.47. The quantitative estimate of drug-likeness (QED) is 0.261. The van der Waals surface area contributed by atoms with Crippen molar-refractivity contribution in [2.75, 3.05) is 37.7 Å². The maximum Gasteiger partial charge on any atom is 0.319 e. The first-order valence-corrected chi connectivity index (χ1v) is 12.6. The lowest BCUT2D eigenvalue weighted by molar-refractivity contribution is -0.126. The molecular weight excluding hydrogens is 484 g/mol. The van der Waals surface area contributed by atoms with Gasteiger partial charge in [-0.05, 0) is 50.1 Å². The average Bonchev–Trinajstić information content (AvgIpc) is 3.41. The molecule has 2 aromatic heterocycles. The van der Waals surface area contributed by atoms with Crippen molar-refractivity contribution in [3.05, 3.63) is 54.7 Å². The second kappa shape index (κ2) is 10.9. The predicted molar refractivity (Wildman–Crippen MR) is 145 cm³/mol. The number of nitrogens with one attached hydrogen (secondary N) is 1. The minimum absolute atomic E-state index is 0.0776. The number of rotatable bonds is 9. The zero-order chi connectivity index (χ0) is 26.6. The Labute approximate surface area is 220 Å². The summed E-state index contributed by atoms with van der Waals surface area (Å²) in [6.45, 7) is 9.79. The molecule has 1 amide bonds. The van der Waals surface area contributed by atoms with E-state index in [1.165, 1.54) is 6.08 Å². The van der Waals surface area contributed by atoms with Crippen LogP contribution >= 0.6 is 0 Å². The van der Waals surface area contributed by atoms with Crippen LogP contribution in [-0.4, -0.2) is 69.5 Å². The van der Waals surface area contributed by atoms with Crippen LogP contribution in [-0.2, 0) is 9.59 Å². The number of carbonyl (C=O) groups is 2. The SMILES string of the molecule is C=CC(=O)N1CCN(c2nc(OCCCC(C)=O)nc3c(Oc4c(C)ccc5[nH]ncc45)cccc23)CC1. The van der Waals surface area contributed by atoms with E-state index >= 15 is 0 Å². The normalized spacial score (nSPS) is 13.6. The number of H-pyrrole nitrogens is 1. The lowest BCUT2D eigenvalue weighted by atomic mass is 10.1. The van der Waals surface area contributed by atoms with E-state index in [1.807, 2.05) is 37.3 Å². The summed E-state index contributed by atoms with van der Waals surface area (Å²) in [5.74, 6) is 2.01. The molecule has 0 saturated carbocycles. The summed E-state index contributed by atoms with van der Waals surface area (Å²) in [4.78, 5) is 36.8. The highest BCUT2D eigenvalue weighted by Gasteiger charge is 2.24. The topological polar surface area (TPSA) is 114 Å². The highest BCUT2D eigenvalue weighted by molar-refractivity contribution is 5.95. The molecule has 1 saturated heterocycles. The second-order valence-corrected chi connectivity index (χ2v) is 9.30. The van der Waals surface area contributed by atoms with E-state index in [0.29, 0.717) is 68.5 Å². The number of hydrogen-bond acceptors (Lipinski definition) is 8. The largest absolute Gasteiger partial charge is 0.463 e. The summed E-state index contributed by atoms with van der Waals surface area (Å²) in [5, 5.41) is 8.84. The average molecular weight is 515 g/mol. The molecule has 0 atom stereocenters. The van der Waals surface area contributed by atoms with Crippen molar-refractivity contribution in [2.45, 2.75) is 26.7 Å². The monoisotopic (exact) mass is 514 g/mol. The van der Waals surface area contributed by atoms with Crippen LogP contribution in [0.4, 0.5) is 5.82 Å². The predicted octanol–water partition coefficient (Wildman–Crippen LogP) is 4.19. The number of fused-ring (bicyclic) bond motifs is 2. The van der Waals surface area contributed by atoms with E-state index in [4.69, 9.17) is 19.4 Å². The Balaban J connectivity index is 1.53. The fourth-order valence-electron chi connectivity index (χ4n) is 4.58. The highest BCUT2D eigenvalue weighted by Crippen LogP contribution is 2.38. The van der Waals surface area contributed by atoms with Gasteiger partial charge in [-0.3, -0.25) is 9.89 Å². The van der Waals surface area contributed by atoms with Gasteiger partial charge >= 0.3 is 6.01 Å². The first-order chi connectivity index (χ1) is 18.4. The van der Waals surface area contributed by atoms with E-state index in [9.17, 15) is 9.59 Å². The Morgan fingerprint density at radius 1 is 1.11 bits per heavy atom. The van der Waals surface area contributed by atoms with Crippen LogP contribution < -0.4 is 14.4 Å². The number of amides is 1. The van der Waals surface area contributed by atoms with Crippen LogP contribution in [0.1, 0.15) is 25.3 Å². The number of carbonyl (C=O) groups excluding carboxylic acids is 2. The van der Waals surface area contributed by atoms with E-state index in [-0.39, 0.29) is 17.7 Å². The molecule has 10 heteroatoms. The lowest BCUT2D eigenvalue weighted by Crippen LogP contribution is -2.48. The number of aromatic amines is 1. The van der Waals surface area contributed by atoms with Gasteiger partial charge in [-0.25, -0.2) is 0 Å². The van der Waals surface area contributed by atoms with Gasteiger partial charge in [0, 0.05) is 38.0 Å². The minimum Gasteiger partial charge on any atom is -0.463 e. The highest BCUT2D eigenvalue weighted by atomic mass is 16.5. The minimum atomic E-state index is -0.0776. The van der Waals surface area contributed by atoms with E-state index in [0.717, 1.165) is 21.9 Å². The number of ketones is 1. The second-order valence-electron chi connectivity index (χ2n) is 9.30. The maximum absolute atomic E-state index is 12.1. The lowest BCUT2D eigenvalue weighted by Gasteiger charge is -2.35. The van der Waals surface area contributed by atoms with Crippen molar-refractivity contribution in [1.82, 2.24) is 25.1 Å². The third kappa shape index (κ3) is 5.15. The summed E-state index contributed by atoms with van der Waals surface area (Å²) in [6.07, 6.45) is 4.10. The van der Waals surface area contributed by atoms with Gasteiger partial charge in [-0.2, -0.15) is 15.1 Å². The molecule has 2 aromatic carbocycles. The number of aryl methyl sites for hydroxylation is 1. The Morgan fingerprint density at radius 3 is 2.68 bits per heavy atom. The van der Waals surface area contributed by atoms with Gasteiger partial charge in [0.25, 0.3) is 0 Å². The Morgan fingerprint density at radius 2 is 1.92 bits per heavy atom. The van der Waals surface area contributed by atoms with Gasteiger partial charge in [-0.15, -0.1) is 0 Å². The molecule has 0 aliphatic carbocycles. The zero-order valence-electron chi connectivity index (χ0n) is 21.6.